The van der Waals surface area contributed by atoms with Crippen molar-refractivity contribution < 1.29 is 0 Å². The Morgan fingerprint density at radius 3 is 2.52 bits per heavy atom. The van der Waals surface area contributed by atoms with E-state index in [2.05, 4.69) is 32.9 Å². The highest BCUT2D eigenvalue weighted by Crippen LogP contribution is 2.16. The second-order valence-corrected chi connectivity index (χ2v) is 6.41. The van der Waals surface area contributed by atoms with Gasteiger partial charge in [0.15, 0.2) is 11.5 Å². The van der Waals surface area contributed by atoms with Crippen LogP contribution in [0, 0.1) is 0 Å². The predicted molar refractivity (Wildman–Crippen MR) is 115 cm³/mol. The Balaban J connectivity index is 0.000000171. The van der Waals surface area contributed by atoms with Crippen molar-refractivity contribution in [2.45, 2.75) is 13.3 Å². The molecule has 0 unspecified atom stereocenters. The van der Waals surface area contributed by atoms with Gasteiger partial charge in [0.25, 0.3) is 5.56 Å². The number of aromatic amines is 1. The Hall–Kier alpha value is -4.00. The monoisotopic (exact) mass is 384 g/mol. The maximum Gasteiger partial charge on any atom is 0.263 e. The summed E-state index contributed by atoms with van der Waals surface area (Å²) in [6.07, 6.45) is 3.75. The molecule has 0 radical (unpaired) electrons. The number of anilines is 1. The molecule has 2 aromatic carbocycles. The van der Waals surface area contributed by atoms with Crippen LogP contribution in [-0.2, 0) is 6.42 Å². The van der Waals surface area contributed by atoms with Crippen LogP contribution in [0.15, 0.2) is 78.1 Å². The molecule has 5 rings (SSSR count). The van der Waals surface area contributed by atoms with Gasteiger partial charge in [-0.15, -0.1) is 0 Å². The first kappa shape index (κ1) is 18.4. The summed E-state index contributed by atoms with van der Waals surface area (Å²) in [5, 5.41) is 1.78. The van der Waals surface area contributed by atoms with Crippen LogP contribution >= 0.6 is 0 Å². The number of pyridine rings is 1. The summed E-state index contributed by atoms with van der Waals surface area (Å²) in [6.45, 7) is 2.07. The van der Waals surface area contributed by atoms with E-state index >= 15 is 0 Å². The third kappa shape index (κ3) is 3.58. The van der Waals surface area contributed by atoms with Crippen molar-refractivity contribution in [2.24, 2.45) is 0 Å². The number of benzene rings is 2. The summed E-state index contributed by atoms with van der Waals surface area (Å²) in [6, 6.07) is 19.7. The van der Waals surface area contributed by atoms with Crippen LogP contribution in [0.2, 0.25) is 0 Å². The molecule has 0 aliphatic carbocycles. The lowest BCUT2D eigenvalue weighted by atomic mass is 10.1. The molecular weight excluding hydrogens is 364 g/mol. The van der Waals surface area contributed by atoms with Gasteiger partial charge in [-0.1, -0.05) is 43.3 Å². The molecule has 3 N–H and O–H groups in total. The lowest BCUT2D eigenvalue weighted by molar-refractivity contribution is 0.889. The molecule has 7 heteroatoms. The average Bonchev–Trinajstić information content (AvgIpc) is 3.25. The molecule has 0 saturated carbocycles. The van der Waals surface area contributed by atoms with E-state index in [-0.39, 0.29) is 5.56 Å². The lowest BCUT2D eigenvalue weighted by Gasteiger charge is -2.13. The van der Waals surface area contributed by atoms with Crippen molar-refractivity contribution in [3.05, 3.63) is 89.4 Å². The maximum absolute atomic E-state index is 12.7. The van der Waals surface area contributed by atoms with Crippen LogP contribution in [0.1, 0.15) is 12.6 Å². The number of hydrogen-bond donors (Lipinski definition) is 2. The van der Waals surface area contributed by atoms with Gasteiger partial charge in [-0.2, -0.15) is 0 Å². The van der Waals surface area contributed by atoms with E-state index in [9.17, 15) is 4.79 Å². The highest BCUT2D eigenvalue weighted by Gasteiger charge is 2.09. The van der Waals surface area contributed by atoms with Gasteiger partial charge >= 0.3 is 0 Å². The van der Waals surface area contributed by atoms with E-state index in [1.165, 1.54) is 12.7 Å². The first-order valence-corrected chi connectivity index (χ1v) is 9.27. The standard InChI is InChI=1S/C17H15NO.C5H5N5/c1-2-14-12-13-8-6-7-11-16(13)17(19)18(14)15-9-4-3-5-10-15;6-4-3-5(9-1-7-3)10-2-8-4/h3-12H,2H2,1H3;1-2H,(H3,6,7,8,9,10). The van der Waals surface area contributed by atoms with Crippen LogP contribution in [0.3, 0.4) is 0 Å². The summed E-state index contributed by atoms with van der Waals surface area (Å²) in [7, 11) is 0. The van der Waals surface area contributed by atoms with Crippen molar-refractivity contribution >= 4 is 27.8 Å². The fourth-order valence-electron chi connectivity index (χ4n) is 3.22. The molecule has 0 saturated heterocycles. The second kappa shape index (κ2) is 7.93. The molecule has 5 aromatic rings. The molecule has 0 bridgehead atoms. The number of nitrogens with two attached hydrogens (primary N) is 1. The highest BCUT2D eigenvalue weighted by molar-refractivity contribution is 5.82. The number of nitrogens with zero attached hydrogens (tertiary/aromatic N) is 4. The van der Waals surface area contributed by atoms with Gasteiger partial charge in [-0.25, -0.2) is 15.0 Å². The molecule has 0 amide bonds. The number of imidazole rings is 1. The number of rotatable bonds is 2. The van der Waals surface area contributed by atoms with E-state index in [4.69, 9.17) is 5.73 Å². The Kier molecular flexibility index (Phi) is 5.03. The molecule has 0 atom stereocenters. The number of nitrogens with one attached hydrogen (secondary N) is 1. The zero-order valence-electron chi connectivity index (χ0n) is 15.9. The minimum Gasteiger partial charge on any atom is -0.382 e. The molecule has 3 heterocycles. The zero-order valence-corrected chi connectivity index (χ0v) is 15.9. The second-order valence-electron chi connectivity index (χ2n) is 6.41. The molecule has 0 fully saturated rings. The fourth-order valence-corrected chi connectivity index (χ4v) is 3.22. The molecule has 0 aliphatic heterocycles. The third-order valence-electron chi connectivity index (χ3n) is 4.63. The molecule has 29 heavy (non-hydrogen) atoms. The molecule has 3 aromatic heterocycles. The maximum atomic E-state index is 12.7. The van der Waals surface area contributed by atoms with Crippen LogP contribution < -0.4 is 11.3 Å². The number of nitrogen functional groups attached to an aromatic ring is 1. The Labute approximate surface area is 166 Å². The Bertz CT molecular complexity index is 1320. The van der Waals surface area contributed by atoms with Gasteiger partial charge in [0.1, 0.15) is 11.8 Å². The van der Waals surface area contributed by atoms with Crippen molar-refractivity contribution in [2.75, 3.05) is 5.73 Å². The normalized spacial score (nSPS) is 10.7. The largest absolute Gasteiger partial charge is 0.382 e. The topological polar surface area (TPSA) is 102 Å². The van der Waals surface area contributed by atoms with Crippen LogP contribution in [-0.4, -0.2) is 24.5 Å². The Morgan fingerprint density at radius 1 is 1.00 bits per heavy atom. The molecule has 144 valence electrons. The fraction of sp³-hybridized carbons (Fsp3) is 0.0909. The number of aromatic nitrogens is 5. The number of hydrogen-bond acceptors (Lipinski definition) is 5. The minimum absolute atomic E-state index is 0.0566. The van der Waals surface area contributed by atoms with Gasteiger partial charge in [-0.05, 0) is 36.1 Å². The number of para-hydroxylation sites is 1. The smallest absolute Gasteiger partial charge is 0.263 e. The molecule has 0 spiro atoms. The summed E-state index contributed by atoms with van der Waals surface area (Å²) in [5.41, 5.74) is 8.80. The Morgan fingerprint density at radius 2 is 1.76 bits per heavy atom. The van der Waals surface area contributed by atoms with Gasteiger partial charge in [0.05, 0.1) is 6.33 Å². The van der Waals surface area contributed by atoms with E-state index < -0.39 is 0 Å². The first-order valence-electron chi connectivity index (χ1n) is 9.27. The summed E-state index contributed by atoms with van der Waals surface area (Å²) in [5.74, 6) is 0.433. The number of H-pyrrole nitrogens is 1. The predicted octanol–water partition coefficient (Wildman–Crippen LogP) is 3.49. The van der Waals surface area contributed by atoms with E-state index in [1.54, 1.807) is 0 Å². The quantitative estimate of drug-likeness (QED) is 0.485. The van der Waals surface area contributed by atoms with Gasteiger partial charge in [0.2, 0.25) is 0 Å². The summed E-state index contributed by atoms with van der Waals surface area (Å²) in [4.78, 5) is 27.0. The van der Waals surface area contributed by atoms with Crippen molar-refractivity contribution in [1.82, 2.24) is 24.5 Å². The molecular formula is C22H20N6O. The minimum atomic E-state index is 0.0566. The van der Waals surface area contributed by atoms with Crippen molar-refractivity contribution in [1.29, 1.82) is 0 Å². The van der Waals surface area contributed by atoms with E-state index in [0.717, 1.165) is 28.6 Å². The summed E-state index contributed by atoms with van der Waals surface area (Å²) < 4.78 is 1.81. The van der Waals surface area contributed by atoms with Gasteiger partial charge in [-0.3, -0.25) is 9.36 Å². The third-order valence-corrected chi connectivity index (χ3v) is 4.63. The molecule has 0 aliphatic rings. The zero-order chi connectivity index (χ0) is 20.2. The van der Waals surface area contributed by atoms with E-state index in [1.807, 2.05) is 59.2 Å². The number of aryl methyl sites for hydroxylation is 1. The van der Waals surface area contributed by atoms with E-state index in [0.29, 0.717) is 17.0 Å². The first-order chi connectivity index (χ1) is 14.2. The van der Waals surface area contributed by atoms with Crippen molar-refractivity contribution in [3.8, 4) is 5.69 Å². The highest BCUT2D eigenvalue weighted by atomic mass is 16.1. The van der Waals surface area contributed by atoms with Crippen LogP contribution in [0.25, 0.3) is 27.6 Å². The van der Waals surface area contributed by atoms with Gasteiger partial charge < -0.3 is 10.7 Å². The SMILES string of the molecule is CCc1cc2ccccc2c(=O)n1-c1ccccc1.Nc1ncnc2nc[nH]c12. The number of fused-ring (bicyclic) bond motifs is 2. The van der Waals surface area contributed by atoms with Gasteiger partial charge in [0, 0.05) is 16.8 Å². The summed E-state index contributed by atoms with van der Waals surface area (Å²) >= 11 is 0. The molecule has 7 nitrogen and oxygen atoms in total. The van der Waals surface area contributed by atoms with Crippen molar-refractivity contribution in [3.63, 3.8) is 0 Å². The van der Waals surface area contributed by atoms with Crippen LogP contribution in [0.4, 0.5) is 5.82 Å². The lowest BCUT2D eigenvalue weighted by Crippen LogP contribution is -2.21. The van der Waals surface area contributed by atoms with Crippen LogP contribution in [0.5, 0.6) is 0 Å². The average molecular weight is 384 g/mol.